The molecule has 0 atom stereocenters. The molecule has 0 saturated carbocycles. The van der Waals surface area contributed by atoms with E-state index in [1.54, 1.807) is 6.92 Å². The number of hydrogen-bond donors (Lipinski definition) is 0. The Hall–Kier alpha value is -3.04. The van der Waals surface area contributed by atoms with Crippen molar-refractivity contribution < 1.29 is 28.9 Å². The molecule has 0 N–H and O–H groups in total. The normalized spacial score (nSPS) is 10.1. The molecule has 0 amide bonds. The third kappa shape index (κ3) is 5.30. The molecule has 24 heavy (non-hydrogen) atoms. The Morgan fingerprint density at radius 3 is 2.12 bits per heavy atom. The summed E-state index contributed by atoms with van der Waals surface area (Å²) in [4.78, 5) is 43.0. The molecule has 0 saturated heterocycles. The number of carbonyl (C=O) groups is 2. The molecule has 1 aromatic carbocycles. The maximum absolute atomic E-state index is 11.6. The molecule has 10 heteroatoms. The van der Waals surface area contributed by atoms with E-state index in [0.29, 0.717) is 0 Å². The highest BCUT2D eigenvalue weighted by molar-refractivity contribution is 5.77. The van der Waals surface area contributed by atoms with Crippen LogP contribution in [0.25, 0.3) is 0 Å². The molecule has 0 aliphatic heterocycles. The number of nitro groups is 2. The second-order valence-corrected chi connectivity index (χ2v) is 4.73. The van der Waals surface area contributed by atoms with Crippen LogP contribution in [-0.4, -0.2) is 28.4 Å². The Morgan fingerprint density at radius 1 is 1.04 bits per heavy atom. The molecule has 0 aliphatic rings. The van der Waals surface area contributed by atoms with Crippen LogP contribution in [0.15, 0.2) is 12.1 Å². The number of ether oxygens (including phenoxy) is 2. The standard InChI is InChI=1S/C14H16N2O8/c1-3-23-13(17)4-5-14(18)24-8-10-6-11(15(19)20)7-12(9(10)2)16(21)22/h6-7H,3-5,8H2,1-2H3. The van der Waals surface area contributed by atoms with Crippen molar-refractivity contribution >= 4 is 23.3 Å². The highest BCUT2D eigenvalue weighted by Crippen LogP contribution is 2.28. The molecule has 0 fully saturated rings. The summed E-state index contributed by atoms with van der Waals surface area (Å²) >= 11 is 0. The SMILES string of the molecule is CCOC(=O)CCC(=O)OCc1cc([N+](=O)[O-])cc([N+](=O)[O-])c1C. The maximum atomic E-state index is 11.6. The first-order chi connectivity index (χ1) is 11.3. The highest BCUT2D eigenvalue weighted by atomic mass is 16.6. The molecule has 0 aromatic heterocycles. The summed E-state index contributed by atoms with van der Waals surface area (Å²) in [6, 6.07) is 1.96. The lowest BCUT2D eigenvalue weighted by atomic mass is 10.1. The molecular formula is C14H16N2O8. The number of nitrogens with zero attached hydrogens (tertiary/aromatic N) is 2. The number of nitro benzene ring substituents is 2. The van der Waals surface area contributed by atoms with Crippen molar-refractivity contribution in [1.29, 1.82) is 0 Å². The Morgan fingerprint density at radius 2 is 1.62 bits per heavy atom. The average molecular weight is 340 g/mol. The molecule has 1 aromatic rings. The number of hydrogen-bond acceptors (Lipinski definition) is 8. The van der Waals surface area contributed by atoms with E-state index in [1.807, 2.05) is 0 Å². The third-order valence-electron chi connectivity index (χ3n) is 3.11. The Labute approximate surface area is 136 Å². The van der Waals surface area contributed by atoms with E-state index >= 15 is 0 Å². The zero-order chi connectivity index (χ0) is 18.3. The number of non-ortho nitro benzene ring substituents is 1. The van der Waals surface area contributed by atoms with E-state index < -0.39 is 33.2 Å². The van der Waals surface area contributed by atoms with Gasteiger partial charge >= 0.3 is 11.9 Å². The quantitative estimate of drug-likeness (QED) is 0.398. The lowest BCUT2D eigenvalue weighted by Gasteiger charge is -2.08. The molecule has 130 valence electrons. The molecule has 0 spiro atoms. The minimum Gasteiger partial charge on any atom is -0.466 e. The van der Waals surface area contributed by atoms with Gasteiger partial charge in [-0.05, 0) is 13.8 Å². The minimum atomic E-state index is -0.765. The highest BCUT2D eigenvalue weighted by Gasteiger charge is 2.22. The molecule has 1 rings (SSSR count). The van der Waals surface area contributed by atoms with E-state index in [0.717, 1.165) is 12.1 Å². The zero-order valence-corrected chi connectivity index (χ0v) is 13.1. The summed E-state index contributed by atoms with van der Waals surface area (Å²) in [6.45, 7) is 2.87. The van der Waals surface area contributed by atoms with Gasteiger partial charge in [0, 0.05) is 17.2 Å². The summed E-state index contributed by atoms with van der Waals surface area (Å²) in [5, 5.41) is 21.8. The number of benzene rings is 1. The van der Waals surface area contributed by atoms with E-state index in [4.69, 9.17) is 4.74 Å². The second kappa shape index (κ2) is 8.56. The second-order valence-electron chi connectivity index (χ2n) is 4.73. The van der Waals surface area contributed by atoms with Crippen LogP contribution in [0.3, 0.4) is 0 Å². The molecule has 0 heterocycles. The van der Waals surface area contributed by atoms with Gasteiger partial charge in [-0.3, -0.25) is 29.8 Å². The van der Waals surface area contributed by atoms with Crippen LogP contribution in [-0.2, 0) is 25.7 Å². The summed E-state index contributed by atoms with van der Waals surface area (Å²) in [6.07, 6.45) is -0.365. The van der Waals surface area contributed by atoms with Crippen LogP contribution in [0.5, 0.6) is 0 Å². The van der Waals surface area contributed by atoms with Crippen molar-refractivity contribution in [2.75, 3.05) is 6.61 Å². The molecular weight excluding hydrogens is 324 g/mol. The fourth-order valence-corrected chi connectivity index (χ4v) is 1.85. The van der Waals surface area contributed by atoms with E-state index in [9.17, 15) is 29.8 Å². The maximum Gasteiger partial charge on any atom is 0.306 e. The molecule has 0 aliphatic carbocycles. The Bertz CT molecular complexity index is 671. The number of rotatable bonds is 8. The monoisotopic (exact) mass is 340 g/mol. The lowest BCUT2D eigenvalue weighted by molar-refractivity contribution is -0.394. The van der Waals surface area contributed by atoms with Crippen LogP contribution in [0, 0.1) is 27.2 Å². The van der Waals surface area contributed by atoms with Crippen molar-refractivity contribution in [2.24, 2.45) is 0 Å². The molecule has 0 unspecified atom stereocenters. The van der Waals surface area contributed by atoms with Crippen LogP contribution in [0.1, 0.15) is 30.9 Å². The Kier molecular flexibility index (Phi) is 6.78. The third-order valence-corrected chi connectivity index (χ3v) is 3.11. The van der Waals surface area contributed by atoms with Gasteiger partial charge in [0.05, 0.1) is 35.4 Å². The number of esters is 2. The summed E-state index contributed by atoms with van der Waals surface area (Å²) < 4.78 is 9.58. The van der Waals surface area contributed by atoms with Gasteiger partial charge in [-0.1, -0.05) is 0 Å². The summed E-state index contributed by atoms with van der Waals surface area (Å²) in [7, 11) is 0. The first kappa shape index (κ1) is 19.0. The van der Waals surface area contributed by atoms with Gasteiger partial charge in [0.2, 0.25) is 0 Å². The van der Waals surface area contributed by atoms with Gasteiger partial charge in [-0.2, -0.15) is 0 Å². The summed E-state index contributed by atoms with van der Waals surface area (Å²) in [5.41, 5.74) is -0.573. The van der Waals surface area contributed by atoms with E-state index in [1.165, 1.54) is 6.92 Å². The fraction of sp³-hybridized carbons (Fsp3) is 0.429. The zero-order valence-electron chi connectivity index (χ0n) is 13.1. The van der Waals surface area contributed by atoms with Crippen LogP contribution in [0.2, 0.25) is 0 Å². The van der Waals surface area contributed by atoms with Crippen LogP contribution in [0.4, 0.5) is 11.4 Å². The smallest absolute Gasteiger partial charge is 0.306 e. The molecule has 0 bridgehead atoms. The predicted octanol–water partition coefficient (Wildman–Crippen LogP) is 2.20. The number of carbonyl (C=O) groups excluding carboxylic acids is 2. The summed E-state index contributed by atoms with van der Waals surface area (Å²) in [5.74, 6) is -1.26. The van der Waals surface area contributed by atoms with E-state index in [-0.39, 0.29) is 37.2 Å². The van der Waals surface area contributed by atoms with Gasteiger partial charge in [0.1, 0.15) is 6.61 Å². The van der Waals surface area contributed by atoms with Gasteiger partial charge < -0.3 is 9.47 Å². The van der Waals surface area contributed by atoms with Gasteiger partial charge in [-0.15, -0.1) is 0 Å². The minimum absolute atomic E-state index is 0.152. The fourth-order valence-electron chi connectivity index (χ4n) is 1.85. The van der Waals surface area contributed by atoms with Gasteiger partial charge in [0.25, 0.3) is 11.4 Å². The molecule has 0 radical (unpaired) electrons. The van der Waals surface area contributed by atoms with Crippen molar-refractivity contribution in [3.63, 3.8) is 0 Å². The van der Waals surface area contributed by atoms with Crippen molar-refractivity contribution in [3.05, 3.63) is 43.5 Å². The van der Waals surface area contributed by atoms with Crippen LogP contribution < -0.4 is 0 Å². The van der Waals surface area contributed by atoms with Crippen LogP contribution >= 0.6 is 0 Å². The predicted molar refractivity (Wildman–Crippen MR) is 80.2 cm³/mol. The van der Waals surface area contributed by atoms with Crippen molar-refractivity contribution in [1.82, 2.24) is 0 Å². The lowest BCUT2D eigenvalue weighted by Crippen LogP contribution is -2.11. The first-order valence-corrected chi connectivity index (χ1v) is 6.99. The van der Waals surface area contributed by atoms with Crippen molar-refractivity contribution in [2.45, 2.75) is 33.3 Å². The van der Waals surface area contributed by atoms with Gasteiger partial charge in [-0.25, -0.2) is 0 Å². The van der Waals surface area contributed by atoms with E-state index in [2.05, 4.69) is 4.74 Å². The topological polar surface area (TPSA) is 139 Å². The van der Waals surface area contributed by atoms with Crippen molar-refractivity contribution in [3.8, 4) is 0 Å². The average Bonchev–Trinajstić information content (AvgIpc) is 2.51. The largest absolute Gasteiger partial charge is 0.466 e. The van der Waals surface area contributed by atoms with Gasteiger partial charge in [0.15, 0.2) is 0 Å². The first-order valence-electron chi connectivity index (χ1n) is 6.99. The Balaban J connectivity index is 2.80. The molecule has 10 nitrogen and oxygen atoms in total.